The van der Waals surface area contributed by atoms with Crippen molar-refractivity contribution in [1.82, 2.24) is 20.1 Å². The van der Waals surface area contributed by atoms with Crippen molar-refractivity contribution < 1.29 is 18.7 Å². The highest BCUT2D eigenvalue weighted by Gasteiger charge is 2.19. The Balaban J connectivity index is 1.46. The number of nitrogens with zero attached hydrogens (tertiary/aromatic N) is 3. The van der Waals surface area contributed by atoms with Crippen molar-refractivity contribution in [3.63, 3.8) is 0 Å². The van der Waals surface area contributed by atoms with Crippen LogP contribution in [-0.4, -0.2) is 38.9 Å². The van der Waals surface area contributed by atoms with Gasteiger partial charge in [0.15, 0.2) is 11.0 Å². The molecular weight excluding hydrogens is 517 g/mol. The molecule has 0 radical (unpaired) electrons. The summed E-state index contributed by atoms with van der Waals surface area (Å²) in [7, 11) is 0. The Labute approximate surface area is 222 Å². The number of carbonyl (C=O) groups excluding carboxylic acids is 2. The maximum Gasteiger partial charge on any atom is 0.256 e. The van der Waals surface area contributed by atoms with Gasteiger partial charge in [-0.2, -0.15) is 0 Å². The van der Waals surface area contributed by atoms with Gasteiger partial charge in [-0.1, -0.05) is 47.6 Å². The predicted molar refractivity (Wildman–Crippen MR) is 141 cm³/mol. The summed E-state index contributed by atoms with van der Waals surface area (Å²) in [6, 6.07) is 20.4. The minimum atomic E-state index is -0.718. The summed E-state index contributed by atoms with van der Waals surface area (Å²) in [5.41, 5.74) is 1.15. The Hall–Kier alpha value is -3.89. The number of halogens is 2. The number of anilines is 1. The second-order valence-electron chi connectivity index (χ2n) is 7.64. The summed E-state index contributed by atoms with van der Waals surface area (Å²) >= 11 is 7.20. The molecule has 0 unspecified atom stereocenters. The Bertz CT molecular complexity index is 1360. The van der Waals surface area contributed by atoms with Gasteiger partial charge in [0.05, 0.1) is 29.5 Å². The molecule has 190 valence electrons. The lowest BCUT2D eigenvalue weighted by molar-refractivity contribution is -0.113. The standard InChI is InChI=1S/C26H23ClFN5O3S/c1-2-36-19-13-11-17(12-14-19)30-23(34)16-37-26-32-31-22(33(26)18-7-4-3-5-8-18)15-29-25(35)24-20(27)9-6-10-21(24)28/h3-14H,2,15-16H2,1H3,(H,29,35)(H,30,34). The van der Waals surface area contributed by atoms with E-state index in [9.17, 15) is 14.0 Å². The van der Waals surface area contributed by atoms with Crippen molar-refractivity contribution >= 4 is 40.9 Å². The van der Waals surface area contributed by atoms with Crippen LogP contribution in [0.4, 0.5) is 10.1 Å². The van der Waals surface area contributed by atoms with E-state index in [4.69, 9.17) is 16.3 Å². The van der Waals surface area contributed by atoms with E-state index in [0.717, 1.165) is 11.4 Å². The van der Waals surface area contributed by atoms with Crippen molar-refractivity contribution in [1.29, 1.82) is 0 Å². The molecule has 0 aliphatic carbocycles. The van der Waals surface area contributed by atoms with E-state index in [1.54, 1.807) is 28.8 Å². The van der Waals surface area contributed by atoms with Crippen LogP contribution in [0, 0.1) is 5.82 Å². The highest BCUT2D eigenvalue weighted by molar-refractivity contribution is 7.99. The largest absolute Gasteiger partial charge is 0.494 e. The molecule has 11 heteroatoms. The Morgan fingerprint density at radius 2 is 1.78 bits per heavy atom. The summed E-state index contributed by atoms with van der Waals surface area (Å²) in [4.78, 5) is 25.2. The zero-order chi connectivity index (χ0) is 26.2. The van der Waals surface area contributed by atoms with Crippen molar-refractivity contribution in [3.8, 4) is 11.4 Å². The van der Waals surface area contributed by atoms with Gasteiger partial charge < -0.3 is 15.4 Å². The molecule has 0 aliphatic rings. The van der Waals surface area contributed by atoms with Gasteiger partial charge in [0.1, 0.15) is 11.6 Å². The van der Waals surface area contributed by atoms with Gasteiger partial charge in [-0.3, -0.25) is 14.2 Å². The molecule has 0 saturated carbocycles. The minimum Gasteiger partial charge on any atom is -0.494 e. The molecule has 4 aromatic rings. The average Bonchev–Trinajstić information content (AvgIpc) is 3.31. The molecule has 0 spiro atoms. The summed E-state index contributed by atoms with van der Waals surface area (Å²) in [5, 5.41) is 14.4. The summed E-state index contributed by atoms with van der Waals surface area (Å²) in [5.74, 6) is -0.404. The monoisotopic (exact) mass is 539 g/mol. The highest BCUT2D eigenvalue weighted by Crippen LogP contribution is 2.24. The van der Waals surface area contributed by atoms with Crippen LogP contribution in [0.1, 0.15) is 23.1 Å². The molecule has 1 aromatic heterocycles. The van der Waals surface area contributed by atoms with Gasteiger partial charge in [0.25, 0.3) is 5.91 Å². The fraction of sp³-hybridized carbons (Fsp3) is 0.154. The Morgan fingerprint density at radius 3 is 2.49 bits per heavy atom. The number of nitrogens with one attached hydrogen (secondary N) is 2. The summed E-state index contributed by atoms with van der Waals surface area (Å²) in [6.45, 7) is 2.43. The van der Waals surface area contributed by atoms with Crippen LogP contribution in [0.3, 0.4) is 0 Å². The van der Waals surface area contributed by atoms with Crippen LogP contribution < -0.4 is 15.4 Å². The molecule has 0 fully saturated rings. The third-order valence-electron chi connectivity index (χ3n) is 5.09. The second kappa shape index (κ2) is 12.4. The molecule has 2 amide bonds. The predicted octanol–water partition coefficient (Wildman–Crippen LogP) is 5.12. The third-order valence-corrected chi connectivity index (χ3v) is 6.34. The minimum absolute atomic E-state index is 0.0109. The van der Waals surface area contributed by atoms with Crippen molar-refractivity contribution in [2.24, 2.45) is 0 Å². The number of para-hydroxylation sites is 1. The lowest BCUT2D eigenvalue weighted by Crippen LogP contribution is -2.26. The van der Waals surface area contributed by atoms with Gasteiger partial charge in [-0.05, 0) is 55.5 Å². The Morgan fingerprint density at radius 1 is 1.03 bits per heavy atom. The topological polar surface area (TPSA) is 98.1 Å². The first-order valence-electron chi connectivity index (χ1n) is 11.3. The van der Waals surface area contributed by atoms with E-state index >= 15 is 0 Å². The van der Waals surface area contributed by atoms with Gasteiger partial charge in [0.2, 0.25) is 5.91 Å². The number of carbonyl (C=O) groups is 2. The lowest BCUT2D eigenvalue weighted by atomic mass is 10.2. The quantitative estimate of drug-likeness (QED) is 0.271. The van der Waals surface area contributed by atoms with Gasteiger partial charge in [0, 0.05) is 11.4 Å². The van der Waals surface area contributed by atoms with Gasteiger partial charge >= 0.3 is 0 Å². The lowest BCUT2D eigenvalue weighted by Gasteiger charge is -2.12. The summed E-state index contributed by atoms with van der Waals surface area (Å²) < 4.78 is 21.3. The molecule has 37 heavy (non-hydrogen) atoms. The maximum absolute atomic E-state index is 14.1. The van der Waals surface area contributed by atoms with E-state index in [-0.39, 0.29) is 28.8 Å². The van der Waals surface area contributed by atoms with E-state index in [1.807, 2.05) is 37.3 Å². The summed E-state index contributed by atoms with van der Waals surface area (Å²) in [6.07, 6.45) is 0. The first kappa shape index (κ1) is 26.2. The van der Waals surface area contributed by atoms with Crippen molar-refractivity contribution in [3.05, 3.63) is 95.0 Å². The number of benzene rings is 3. The molecule has 1 heterocycles. The number of aromatic nitrogens is 3. The number of amides is 2. The molecule has 0 bridgehead atoms. The van der Waals surface area contributed by atoms with Crippen LogP contribution >= 0.6 is 23.4 Å². The molecular formula is C26H23ClFN5O3S. The highest BCUT2D eigenvalue weighted by atomic mass is 35.5. The molecule has 4 rings (SSSR count). The molecule has 3 aromatic carbocycles. The fourth-order valence-electron chi connectivity index (χ4n) is 3.44. The van der Waals surface area contributed by atoms with Gasteiger partial charge in [-0.25, -0.2) is 4.39 Å². The number of rotatable bonds is 10. The molecule has 0 aliphatic heterocycles. The zero-order valence-electron chi connectivity index (χ0n) is 19.8. The normalized spacial score (nSPS) is 10.7. The number of thioether (sulfide) groups is 1. The Kier molecular flexibility index (Phi) is 8.76. The maximum atomic E-state index is 14.1. The second-order valence-corrected chi connectivity index (χ2v) is 8.99. The first-order valence-corrected chi connectivity index (χ1v) is 12.7. The van der Waals surface area contributed by atoms with Crippen LogP contribution in [0.25, 0.3) is 5.69 Å². The number of hydrogen-bond donors (Lipinski definition) is 2. The molecule has 0 atom stereocenters. The van der Waals surface area contributed by atoms with Crippen LogP contribution in [0.2, 0.25) is 5.02 Å². The smallest absolute Gasteiger partial charge is 0.256 e. The van der Waals surface area contributed by atoms with Gasteiger partial charge in [-0.15, -0.1) is 10.2 Å². The zero-order valence-corrected chi connectivity index (χ0v) is 21.4. The fourth-order valence-corrected chi connectivity index (χ4v) is 4.46. The number of hydrogen-bond acceptors (Lipinski definition) is 6. The molecule has 8 nitrogen and oxygen atoms in total. The van der Waals surface area contributed by atoms with Crippen LogP contribution in [0.5, 0.6) is 5.75 Å². The van der Waals surface area contributed by atoms with Crippen molar-refractivity contribution in [2.75, 3.05) is 17.7 Å². The third kappa shape index (κ3) is 6.66. The average molecular weight is 540 g/mol. The van der Waals surface area contributed by atoms with E-state index < -0.39 is 11.7 Å². The van der Waals surface area contributed by atoms with Crippen LogP contribution in [0.15, 0.2) is 78.0 Å². The molecule has 2 N–H and O–H groups in total. The van der Waals surface area contributed by atoms with E-state index in [0.29, 0.717) is 23.3 Å². The first-order chi connectivity index (χ1) is 18.0. The molecule has 0 saturated heterocycles. The SMILES string of the molecule is CCOc1ccc(NC(=O)CSc2nnc(CNC(=O)c3c(F)cccc3Cl)n2-c2ccccc2)cc1. The van der Waals surface area contributed by atoms with Crippen molar-refractivity contribution in [2.45, 2.75) is 18.6 Å². The van der Waals surface area contributed by atoms with E-state index in [2.05, 4.69) is 20.8 Å². The van der Waals surface area contributed by atoms with Crippen LogP contribution in [-0.2, 0) is 11.3 Å². The number of ether oxygens (including phenoxy) is 1. The van der Waals surface area contributed by atoms with E-state index in [1.165, 1.54) is 30.0 Å².